The Hall–Kier alpha value is -5.00. The summed E-state index contributed by atoms with van der Waals surface area (Å²) in [6.07, 6.45) is -1.72. The topological polar surface area (TPSA) is 122 Å². The van der Waals surface area contributed by atoms with Crippen LogP contribution in [0.5, 0.6) is 11.5 Å². The molecule has 3 N–H and O–H groups in total. The van der Waals surface area contributed by atoms with Crippen molar-refractivity contribution in [3.63, 3.8) is 0 Å². The molecule has 4 rings (SSSR count). The highest BCUT2D eigenvalue weighted by Crippen LogP contribution is 2.29. The maximum absolute atomic E-state index is 14.2. The summed E-state index contributed by atoms with van der Waals surface area (Å²) in [6.45, 7) is -0.0261. The average Bonchev–Trinajstić information content (AvgIpc) is 2.87. The van der Waals surface area contributed by atoms with Crippen molar-refractivity contribution in [2.45, 2.75) is 12.8 Å². The highest BCUT2D eigenvalue weighted by Gasteiger charge is 2.30. The molecule has 1 aromatic heterocycles. The van der Waals surface area contributed by atoms with Crippen LogP contribution in [0.25, 0.3) is 11.4 Å². The standard InChI is InChI=1S/C26H17F4N3O5/c27-18-7-16(8-19(9-18)33-24(35)15-1-3-17(4-2-15)26(28,29)30)23-31-11-14(12-32-23)13-38-20-5-6-22(34)21(10-20)25(36)37/h1-12,34H,13H2,(H,33,35)(H,36,37). The number of carbonyl (C=O) groups is 2. The van der Waals surface area contributed by atoms with E-state index in [9.17, 15) is 32.3 Å². The minimum Gasteiger partial charge on any atom is -0.507 e. The van der Waals surface area contributed by atoms with E-state index >= 15 is 0 Å². The third kappa shape index (κ3) is 6.22. The number of rotatable bonds is 7. The minimum absolute atomic E-state index is 0.0261. The Morgan fingerprint density at radius 1 is 0.947 bits per heavy atom. The minimum atomic E-state index is -4.54. The molecule has 0 aliphatic rings. The molecule has 0 saturated carbocycles. The Balaban J connectivity index is 1.44. The van der Waals surface area contributed by atoms with Crippen LogP contribution in [0.4, 0.5) is 23.2 Å². The van der Waals surface area contributed by atoms with Gasteiger partial charge in [-0.2, -0.15) is 13.2 Å². The van der Waals surface area contributed by atoms with E-state index in [0.29, 0.717) is 5.56 Å². The first kappa shape index (κ1) is 26.1. The first-order chi connectivity index (χ1) is 18.0. The fourth-order valence-corrected chi connectivity index (χ4v) is 3.33. The van der Waals surface area contributed by atoms with Gasteiger partial charge in [-0.05, 0) is 60.7 Å². The molecular weight excluding hydrogens is 510 g/mol. The predicted molar refractivity (Wildman–Crippen MR) is 126 cm³/mol. The van der Waals surface area contributed by atoms with Crippen molar-refractivity contribution in [2.24, 2.45) is 0 Å². The number of ether oxygens (including phenoxy) is 1. The van der Waals surface area contributed by atoms with E-state index in [-0.39, 0.29) is 40.6 Å². The van der Waals surface area contributed by atoms with Gasteiger partial charge >= 0.3 is 12.1 Å². The Morgan fingerprint density at radius 3 is 2.26 bits per heavy atom. The van der Waals surface area contributed by atoms with Gasteiger partial charge in [0.05, 0.1) is 5.56 Å². The number of halogens is 4. The van der Waals surface area contributed by atoms with Crippen LogP contribution in [0.2, 0.25) is 0 Å². The second-order valence-electron chi connectivity index (χ2n) is 7.95. The van der Waals surface area contributed by atoms with Crippen molar-refractivity contribution < 1.29 is 42.1 Å². The molecule has 0 radical (unpaired) electrons. The van der Waals surface area contributed by atoms with E-state index in [0.717, 1.165) is 36.4 Å². The summed E-state index contributed by atoms with van der Waals surface area (Å²) >= 11 is 0. The molecule has 1 amide bonds. The molecule has 0 aliphatic heterocycles. The molecule has 0 unspecified atom stereocenters. The van der Waals surface area contributed by atoms with Gasteiger partial charge in [-0.15, -0.1) is 0 Å². The predicted octanol–water partition coefficient (Wildman–Crippen LogP) is 5.54. The number of phenols is 1. The number of amides is 1. The number of carbonyl (C=O) groups excluding carboxylic acids is 1. The number of nitrogens with zero attached hydrogens (tertiary/aromatic N) is 2. The van der Waals surface area contributed by atoms with Crippen LogP contribution in [-0.4, -0.2) is 32.1 Å². The molecule has 3 aromatic carbocycles. The summed E-state index contributed by atoms with van der Waals surface area (Å²) < 4.78 is 57.9. The summed E-state index contributed by atoms with van der Waals surface area (Å²) in [5.41, 5.74) is -0.491. The number of nitrogens with one attached hydrogen (secondary N) is 1. The summed E-state index contributed by atoms with van der Waals surface area (Å²) in [6, 6.07) is 10.9. The quantitative estimate of drug-likeness (QED) is 0.270. The number of hydrogen-bond acceptors (Lipinski definition) is 6. The lowest BCUT2D eigenvalue weighted by atomic mass is 10.1. The molecule has 0 atom stereocenters. The fourth-order valence-electron chi connectivity index (χ4n) is 3.33. The molecule has 4 aromatic rings. The summed E-state index contributed by atoms with van der Waals surface area (Å²) in [5.74, 6) is -2.83. The van der Waals surface area contributed by atoms with Crippen LogP contribution in [0.1, 0.15) is 31.8 Å². The summed E-state index contributed by atoms with van der Waals surface area (Å²) in [7, 11) is 0. The zero-order chi connectivity index (χ0) is 27.4. The Morgan fingerprint density at radius 2 is 1.63 bits per heavy atom. The third-order valence-electron chi connectivity index (χ3n) is 5.20. The van der Waals surface area contributed by atoms with E-state index < -0.39 is 35.2 Å². The first-order valence-electron chi connectivity index (χ1n) is 10.8. The molecule has 0 spiro atoms. The van der Waals surface area contributed by atoms with Gasteiger partial charge in [0, 0.05) is 34.8 Å². The summed E-state index contributed by atoms with van der Waals surface area (Å²) in [5, 5.41) is 21.1. The van der Waals surface area contributed by atoms with Crippen LogP contribution in [0, 0.1) is 5.82 Å². The lowest BCUT2D eigenvalue weighted by molar-refractivity contribution is -0.137. The molecule has 8 nitrogen and oxygen atoms in total. The zero-order valence-corrected chi connectivity index (χ0v) is 19.2. The van der Waals surface area contributed by atoms with Gasteiger partial charge in [0.2, 0.25) is 0 Å². The molecule has 0 saturated heterocycles. The van der Waals surface area contributed by atoms with Crippen molar-refractivity contribution in [1.82, 2.24) is 9.97 Å². The normalized spacial score (nSPS) is 11.2. The molecule has 0 fully saturated rings. The van der Waals surface area contributed by atoms with Crippen molar-refractivity contribution >= 4 is 17.6 Å². The summed E-state index contributed by atoms with van der Waals surface area (Å²) in [4.78, 5) is 31.9. The second kappa shape index (κ2) is 10.5. The molecule has 38 heavy (non-hydrogen) atoms. The lowest BCUT2D eigenvalue weighted by Gasteiger charge is -2.10. The zero-order valence-electron chi connectivity index (χ0n) is 19.2. The molecule has 0 aliphatic carbocycles. The van der Waals surface area contributed by atoms with E-state index in [1.807, 2.05) is 0 Å². The van der Waals surface area contributed by atoms with Crippen molar-refractivity contribution in [3.05, 3.63) is 101 Å². The van der Waals surface area contributed by atoms with Crippen LogP contribution in [0.3, 0.4) is 0 Å². The largest absolute Gasteiger partial charge is 0.507 e. The first-order valence-corrected chi connectivity index (χ1v) is 10.8. The van der Waals surface area contributed by atoms with E-state index in [4.69, 9.17) is 9.84 Å². The molecular formula is C26H17F4N3O5. The van der Waals surface area contributed by atoms with Crippen molar-refractivity contribution in [1.29, 1.82) is 0 Å². The highest BCUT2D eigenvalue weighted by molar-refractivity contribution is 6.04. The van der Waals surface area contributed by atoms with Crippen LogP contribution < -0.4 is 10.1 Å². The van der Waals surface area contributed by atoms with Gasteiger partial charge in [0.25, 0.3) is 5.91 Å². The van der Waals surface area contributed by atoms with Crippen molar-refractivity contribution in [3.8, 4) is 22.9 Å². The Kier molecular flexibility index (Phi) is 7.24. The average molecular weight is 527 g/mol. The highest BCUT2D eigenvalue weighted by atomic mass is 19.4. The van der Waals surface area contributed by atoms with Gasteiger partial charge in [0.1, 0.15) is 29.5 Å². The molecule has 12 heteroatoms. The Labute approximate surface area is 212 Å². The van der Waals surface area contributed by atoms with Gasteiger partial charge in [-0.3, -0.25) is 4.79 Å². The van der Waals surface area contributed by atoms with Crippen LogP contribution >= 0.6 is 0 Å². The number of alkyl halides is 3. The van der Waals surface area contributed by atoms with Gasteiger partial charge in [-0.1, -0.05) is 0 Å². The van der Waals surface area contributed by atoms with Crippen LogP contribution in [0.15, 0.2) is 73.1 Å². The number of benzene rings is 3. The van der Waals surface area contributed by atoms with Gasteiger partial charge in [0.15, 0.2) is 5.82 Å². The number of aromatic hydroxyl groups is 1. The number of aromatic nitrogens is 2. The fraction of sp³-hybridized carbons (Fsp3) is 0.0769. The van der Waals surface area contributed by atoms with Gasteiger partial charge in [-0.25, -0.2) is 19.2 Å². The number of hydrogen-bond donors (Lipinski definition) is 3. The maximum Gasteiger partial charge on any atom is 0.416 e. The van der Waals surface area contributed by atoms with E-state index in [1.165, 1.54) is 36.7 Å². The third-order valence-corrected chi connectivity index (χ3v) is 5.20. The maximum atomic E-state index is 14.2. The molecule has 194 valence electrons. The van der Waals surface area contributed by atoms with Crippen LogP contribution in [-0.2, 0) is 12.8 Å². The second-order valence-corrected chi connectivity index (χ2v) is 7.95. The van der Waals surface area contributed by atoms with Crippen molar-refractivity contribution in [2.75, 3.05) is 5.32 Å². The van der Waals surface area contributed by atoms with E-state index in [2.05, 4.69) is 15.3 Å². The number of anilines is 1. The molecule has 1 heterocycles. The molecule has 0 bridgehead atoms. The number of carboxylic acid groups (broad SMARTS) is 1. The van der Waals surface area contributed by atoms with Gasteiger partial charge < -0.3 is 20.3 Å². The lowest BCUT2D eigenvalue weighted by Crippen LogP contribution is -2.13. The SMILES string of the molecule is O=C(Nc1cc(F)cc(-c2ncc(COc3ccc(O)c(C(=O)O)c3)cn2)c1)c1ccc(C(F)(F)F)cc1. The van der Waals surface area contributed by atoms with E-state index in [1.54, 1.807) is 0 Å². The smallest absolute Gasteiger partial charge is 0.416 e. The monoisotopic (exact) mass is 527 g/mol. The Bertz CT molecular complexity index is 1490. The number of carboxylic acids is 1. The number of aromatic carboxylic acids is 1.